The molecule has 0 aromatic rings. The maximum absolute atomic E-state index is 6.65. The Morgan fingerprint density at radius 2 is 1.33 bits per heavy atom. The van der Waals surface area contributed by atoms with Gasteiger partial charge >= 0.3 is 0 Å². The van der Waals surface area contributed by atoms with Crippen LogP contribution in [0.25, 0.3) is 0 Å². The molecule has 0 unspecified atom stereocenters. The monoisotopic (exact) mass is 250 g/mol. The van der Waals surface area contributed by atoms with Gasteiger partial charge in [-0.1, -0.05) is 52.9 Å². The lowest BCUT2D eigenvalue weighted by Crippen LogP contribution is -2.32. The van der Waals surface area contributed by atoms with Crippen LogP contribution in [0.5, 0.6) is 0 Å². The van der Waals surface area contributed by atoms with Crippen molar-refractivity contribution in [2.45, 2.75) is 71.4 Å². The first-order valence-corrected chi connectivity index (χ1v) is 9.84. The highest BCUT2D eigenvalue weighted by molar-refractivity contribution is 7.16. The van der Waals surface area contributed by atoms with Crippen LogP contribution < -0.4 is 0 Å². The first kappa shape index (κ1) is 15.5. The summed E-state index contributed by atoms with van der Waals surface area (Å²) in [4.78, 5) is 0. The molecule has 0 saturated carbocycles. The molecular weight excluding hydrogens is 224 g/mol. The highest BCUT2D eigenvalue weighted by atomic mass is 35.6. The molecule has 0 rings (SSSR count). The molecule has 0 fully saturated rings. The van der Waals surface area contributed by atoms with E-state index in [0.717, 1.165) is 25.1 Å². The SMILES string of the molecule is CCCCO[Si](Cl)(CCCC)CCCC. The molecule has 0 radical (unpaired) electrons. The fraction of sp³-hybridized carbons (Fsp3) is 1.00. The maximum Gasteiger partial charge on any atom is 0.290 e. The Balaban J connectivity index is 3.89. The third-order valence-corrected chi connectivity index (χ3v) is 7.05. The quantitative estimate of drug-likeness (QED) is 0.298. The van der Waals surface area contributed by atoms with E-state index in [1.165, 1.54) is 32.1 Å². The van der Waals surface area contributed by atoms with Gasteiger partial charge in [0.1, 0.15) is 0 Å². The minimum absolute atomic E-state index is 0.875. The molecule has 3 heteroatoms. The Morgan fingerprint density at radius 1 is 0.867 bits per heavy atom. The first-order valence-electron chi connectivity index (χ1n) is 6.51. The van der Waals surface area contributed by atoms with Crippen molar-refractivity contribution < 1.29 is 4.43 Å². The van der Waals surface area contributed by atoms with Gasteiger partial charge in [-0.3, -0.25) is 0 Å². The molecule has 0 spiro atoms. The van der Waals surface area contributed by atoms with Gasteiger partial charge in [0.05, 0.1) is 0 Å². The number of hydrogen-bond acceptors (Lipinski definition) is 1. The van der Waals surface area contributed by atoms with Crippen LogP contribution in [0.3, 0.4) is 0 Å². The summed E-state index contributed by atoms with van der Waals surface area (Å²) >= 11 is 6.65. The summed E-state index contributed by atoms with van der Waals surface area (Å²) in [6.07, 6.45) is 7.26. The lowest BCUT2D eigenvalue weighted by Gasteiger charge is -2.24. The Hall–Kier alpha value is 0.467. The van der Waals surface area contributed by atoms with Gasteiger partial charge in [0.15, 0.2) is 0 Å². The van der Waals surface area contributed by atoms with Crippen molar-refractivity contribution in [3.63, 3.8) is 0 Å². The molecule has 0 amide bonds. The highest BCUT2D eigenvalue weighted by Gasteiger charge is 2.31. The minimum atomic E-state index is -1.86. The topological polar surface area (TPSA) is 9.23 Å². The number of halogens is 1. The van der Waals surface area contributed by atoms with E-state index in [4.69, 9.17) is 15.5 Å². The van der Waals surface area contributed by atoms with E-state index in [9.17, 15) is 0 Å². The fourth-order valence-electron chi connectivity index (χ4n) is 1.55. The van der Waals surface area contributed by atoms with E-state index in [0.29, 0.717) is 0 Å². The van der Waals surface area contributed by atoms with Crippen LogP contribution >= 0.6 is 11.1 Å². The van der Waals surface area contributed by atoms with Gasteiger partial charge in [-0.05, 0) is 18.5 Å². The average molecular weight is 251 g/mol. The maximum atomic E-state index is 6.65. The number of rotatable bonds is 10. The van der Waals surface area contributed by atoms with Gasteiger partial charge in [-0.2, -0.15) is 0 Å². The second-order valence-electron chi connectivity index (χ2n) is 4.29. The van der Waals surface area contributed by atoms with E-state index in [1.807, 2.05) is 0 Å². The largest absolute Gasteiger partial charge is 0.403 e. The van der Waals surface area contributed by atoms with Gasteiger partial charge in [0.2, 0.25) is 0 Å². The van der Waals surface area contributed by atoms with Gasteiger partial charge < -0.3 is 4.43 Å². The lowest BCUT2D eigenvalue weighted by atomic mass is 10.4. The zero-order valence-corrected chi connectivity index (χ0v) is 12.4. The normalized spacial score (nSPS) is 12.0. The Bertz CT molecular complexity index is 134. The number of unbranched alkanes of at least 4 members (excludes halogenated alkanes) is 3. The molecule has 0 heterocycles. The second kappa shape index (κ2) is 9.68. The highest BCUT2D eigenvalue weighted by Crippen LogP contribution is 2.27. The Morgan fingerprint density at radius 3 is 1.73 bits per heavy atom. The van der Waals surface area contributed by atoms with Crippen molar-refractivity contribution in [3.05, 3.63) is 0 Å². The predicted molar refractivity (Wildman–Crippen MR) is 71.9 cm³/mol. The third kappa shape index (κ3) is 8.29. The van der Waals surface area contributed by atoms with Crippen LogP contribution in [0.2, 0.25) is 12.1 Å². The molecular formula is C12H27ClOSi. The van der Waals surface area contributed by atoms with Crippen LogP contribution in [0.4, 0.5) is 0 Å². The van der Waals surface area contributed by atoms with Gasteiger partial charge in [-0.25, -0.2) is 0 Å². The van der Waals surface area contributed by atoms with Gasteiger partial charge in [0, 0.05) is 6.61 Å². The van der Waals surface area contributed by atoms with Crippen molar-refractivity contribution in [3.8, 4) is 0 Å². The molecule has 0 aliphatic carbocycles. The van der Waals surface area contributed by atoms with E-state index >= 15 is 0 Å². The summed E-state index contributed by atoms with van der Waals surface area (Å²) in [6, 6.07) is 2.27. The molecule has 0 bridgehead atoms. The molecule has 0 aliphatic rings. The predicted octanol–water partition coefficient (Wildman–Crippen LogP) is 5.08. The van der Waals surface area contributed by atoms with Crippen LogP contribution in [0.1, 0.15) is 59.3 Å². The molecule has 1 nitrogen and oxygen atoms in total. The zero-order valence-electron chi connectivity index (χ0n) is 10.7. The molecule has 0 aromatic heterocycles. The summed E-state index contributed by atoms with van der Waals surface area (Å²) in [5.41, 5.74) is 0. The Labute approximate surface area is 101 Å². The summed E-state index contributed by atoms with van der Waals surface area (Å²) in [6.45, 7) is 7.51. The zero-order chi connectivity index (χ0) is 11.6. The van der Waals surface area contributed by atoms with Crippen LogP contribution in [0.15, 0.2) is 0 Å². The summed E-state index contributed by atoms with van der Waals surface area (Å²) in [7, 11) is -1.86. The van der Waals surface area contributed by atoms with Crippen LogP contribution in [-0.2, 0) is 4.43 Å². The molecule has 0 atom stereocenters. The van der Waals surface area contributed by atoms with Crippen molar-refractivity contribution in [1.29, 1.82) is 0 Å². The van der Waals surface area contributed by atoms with E-state index < -0.39 is 7.63 Å². The van der Waals surface area contributed by atoms with Crippen molar-refractivity contribution in [2.75, 3.05) is 6.61 Å². The Kier molecular flexibility index (Phi) is 9.98. The summed E-state index contributed by atoms with van der Waals surface area (Å²) in [5.74, 6) is 0. The van der Waals surface area contributed by atoms with Crippen LogP contribution in [-0.4, -0.2) is 14.2 Å². The molecule has 0 N–H and O–H groups in total. The van der Waals surface area contributed by atoms with E-state index in [1.54, 1.807) is 0 Å². The molecule has 0 aliphatic heterocycles. The smallest absolute Gasteiger partial charge is 0.290 e. The third-order valence-electron chi connectivity index (χ3n) is 2.67. The van der Waals surface area contributed by atoms with Crippen LogP contribution in [0, 0.1) is 0 Å². The molecule has 0 saturated heterocycles. The summed E-state index contributed by atoms with van der Waals surface area (Å²) < 4.78 is 5.98. The second-order valence-corrected chi connectivity index (χ2v) is 9.41. The van der Waals surface area contributed by atoms with Crippen molar-refractivity contribution >= 4 is 18.7 Å². The standard InChI is InChI=1S/C12H27ClOSi/c1-4-7-10-14-15(13,11-8-5-2)12-9-6-3/h4-12H2,1-3H3. The molecule has 0 aromatic carbocycles. The minimum Gasteiger partial charge on any atom is -0.403 e. The van der Waals surface area contributed by atoms with Gasteiger partial charge in [-0.15, -0.1) is 11.1 Å². The summed E-state index contributed by atoms with van der Waals surface area (Å²) in [5, 5.41) is 0. The van der Waals surface area contributed by atoms with E-state index in [2.05, 4.69) is 20.8 Å². The molecule has 92 valence electrons. The van der Waals surface area contributed by atoms with Crippen molar-refractivity contribution in [1.82, 2.24) is 0 Å². The fourth-order valence-corrected chi connectivity index (χ4v) is 5.40. The molecule has 15 heavy (non-hydrogen) atoms. The first-order chi connectivity index (χ1) is 7.18. The van der Waals surface area contributed by atoms with Gasteiger partial charge in [0.25, 0.3) is 7.63 Å². The van der Waals surface area contributed by atoms with E-state index in [-0.39, 0.29) is 0 Å². The lowest BCUT2D eigenvalue weighted by molar-refractivity contribution is 0.301. The average Bonchev–Trinajstić information content (AvgIpc) is 2.24. The number of hydrogen-bond donors (Lipinski definition) is 0. The van der Waals surface area contributed by atoms with Crippen molar-refractivity contribution in [2.24, 2.45) is 0 Å².